The van der Waals surface area contributed by atoms with Crippen LogP contribution in [0.3, 0.4) is 0 Å². The van der Waals surface area contributed by atoms with Gasteiger partial charge < -0.3 is 20.4 Å². The van der Waals surface area contributed by atoms with Crippen molar-refractivity contribution in [3.05, 3.63) is 0 Å². The smallest absolute Gasteiger partial charge is 0.326 e. The summed E-state index contributed by atoms with van der Waals surface area (Å²) in [6.45, 7) is 1.90. The van der Waals surface area contributed by atoms with Gasteiger partial charge in [-0.15, -0.1) is 0 Å². The molecule has 0 saturated heterocycles. The van der Waals surface area contributed by atoms with Crippen molar-refractivity contribution >= 4 is 13.6 Å². The summed E-state index contributed by atoms with van der Waals surface area (Å²) in [5.41, 5.74) is 0. The Hall–Kier alpha value is -0.420. The average molecular weight is 228 g/mol. The number of hydrogen-bond acceptors (Lipinski definition) is 2. The second-order valence-electron chi connectivity index (χ2n) is 3.02. The highest BCUT2D eigenvalue weighted by molar-refractivity contribution is 7.51. The van der Waals surface area contributed by atoms with E-state index in [1.165, 1.54) is 0 Å². The molecule has 0 rings (SSSR count). The van der Waals surface area contributed by atoms with E-state index >= 15 is 0 Å². The topological polar surface area (TPSA) is 126 Å². The van der Waals surface area contributed by atoms with Gasteiger partial charge in [0.25, 0.3) is 0 Å². The third-order valence-electron chi connectivity index (χ3n) is 1.71. The zero-order chi connectivity index (χ0) is 10.5. The maximum Gasteiger partial charge on any atom is 0.326 e. The van der Waals surface area contributed by atoms with E-state index in [0.29, 0.717) is 12.8 Å². The molecule has 0 aliphatic heterocycles. The Labute approximate surface area is 82.4 Å². The lowest BCUT2D eigenvalue weighted by Crippen LogP contribution is -2.17. The molecule has 7 heteroatoms. The highest BCUT2D eigenvalue weighted by Gasteiger charge is 2.26. The molecular formula is C7H17O6P. The lowest BCUT2D eigenvalue weighted by atomic mass is 10.1. The van der Waals surface area contributed by atoms with Crippen LogP contribution >= 0.6 is 7.60 Å². The molecule has 0 fully saturated rings. The summed E-state index contributed by atoms with van der Waals surface area (Å²) in [6.07, 6.45) is 1.28. The fraction of sp³-hybridized carbons (Fsp3) is 0.857. The Bertz CT molecular complexity index is 210. The zero-order valence-corrected chi connectivity index (χ0v) is 8.91. The minimum Gasteiger partial charge on any atom is -0.481 e. The van der Waals surface area contributed by atoms with E-state index in [2.05, 4.69) is 0 Å². The van der Waals surface area contributed by atoms with Gasteiger partial charge in [-0.25, -0.2) is 0 Å². The van der Waals surface area contributed by atoms with Gasteiger partial charge in [-0.05, 0) is 6.42 Å². The Kier molecular flexibility index (Phi) is 7.96. The SMILES string of the molecule is CCCCC(CP(=O)(O)O)C(=O)O.O. The lowest BCUT2D eigenvalue weighted by Gasteiger charge is -2.12. The van der Waals surface area contributed by atoms with E-state index in [0.717, 1.165) is 6.42 Å². The van der Waals surface area contributed by atoms with Gasteiger partial charge in [-0.3, -0.25) is 9.36 Å². The average Bonchev–Trinajstić information content (AvgIpc) is 1.95. The second kappa shape index (κ2) is 6.95. The predicted molar refractivity (Wildman–Crippen MR) is 51.2 cm³/mol. The van der Waals surface area contributed by atoms with Crippen LogP contribution in [0.25, 0.3) is 0 Å². The molecule has 0 radical (unpaired) electrons. The molecule has 5 N–H and O–H groups in total. The number of carboxylic acid groups (broad SMARTS) is 1. The van der Waals surface area contributed by atoms with Crippen molar-refractivity contribution in [2.24, 2.45) is 5.92 Å². The monoisotopic (exact) mass is 228 g/mol. The van der Waals surface area contributed by atoms with E-state index in [1.807, 2.05) is 6.92 Å². The molecule has 0 aromatic heterocycles. The molecule has 0 aromatic rings. The van der Waals surface area contributed by atoms with Crippen LogP contribution in [0.5, 0.6) is 0 Å². The van der Waals surface area contributed by atoms with Gasteiger partial charge in [0, 0.05) is 0 Å². The number of carboxylic acids is 1. The van der Waals surface area contributed by atoms with Gasteiger partial charge >= 0.3 is 13.6 Å². The summed E-state index contributed by atoms with van der Waals surface area (Å²) >= 11 is 0. The van der Waals surface area contributed by atoms with Crippen molar-refractivity contribution in [1.29, 1.82) is 0 Å². The van der Waals surface area contributed by atoms with Crippen molar-refractivity contribution in [2.45, 2.75) is 26.2 Å². The summed E-state index contributed by atoms with van der Waals surface area (Å²) in [7, 11) is -4.20. The standard InChI is InChI=1S/C7H15O5P.H2O/c1-2-3-4-6(7(8)9)5-13(10,11)12;/h6H,2-5H2,1H3,(H,8,9)(H2,10,11,12);1H2. The van der Waals surface area contributed by atoms with E-state index < -0.39 is 25.6 Å². The van der Waals surface area contributed by atoms with Gasteiger partial charge in [-0.1, -0.05) is 19.8 Å². The molecule has 0 heterocycles. The molecule has 0 saturated carbocycles. The van der Waals surface area contributed by atoms with Crippen LogP contribution in [0.2, 0.25) is 0 Å². The van der Waals surface area contributed by atoms with Gasteiger partial charge in [-0.2, -0.15) is 0 Å². The predicted octanol–water partition coefficient (Wildman–Crippen LogP) is 0.230. The van der Waals surface area contributed by atoms with Crippen LogP contribution in [-0.2, 0) is 9.36 Å². The van der Waals surface area contributed by atoms with Gasteiger partial charge in [0.15, 0.2) is 0 Å². The molecule has 14 heavy (non-hydrogen) atoms. The molecule has 0 bridgehead atoms. The minimum atomic E-state index is -4.20. The van der Waals surface area contributed by atoms with Crippen LogP contribution < -0.4 is 0 Å². The van der Waals surface area contributed by atoms with E-state index in [4.69, 9.17) is 14.9 Å². The largest absolute Gasteiger partial charge is 0.481 e. The first-order valence-electron chi connectivity index (χ1n) is 4.14. The lowest BCUT2D eigenvalue weighted by molar-refractivity contribution is -0.141. The summed E-state index contributed by atoms with van der Waals surface area (Å²) in [5.74, 6) is -2.04. The van der Waals surface area contributed by atoms with Crippen LogP contribution in [0, 0.1) is 5.92 Å². The second-order valence-corrected chi connectivity index (χ2v) is 4.72. The molecule has 0 amide bonds. The summed E-state index contributed by atoms with van der Waals surface area (Å²) in [5, 5.41) is 8.62. The molecule has 0 spiro atoms. The van der Waals surface area contributed by atoms with Crippen molar-refractivity contribution in [3.8, 4) is 0 Å². The number of rotatable bonds is 6. The number of unbranched alkanes of at least 4 members (excludes halogenated alkanes) is 1. The highest BCUT2D eigenvalue weighted by atomic mass is 31.2. The Morgan fingerprint density at radius 2 is 1.93 bits per heavy atom. The van der Waals surface area contributed by atoms with Gasteiger partial charge in [0.1, 0.15) is 0 Å². The minimum absolute atomic E-state index is 0. The van der Waals surface area contributed by atoms with Crippen LogP contribution in [0.1, 0.15) is 26.2 Å². The fourth-order valence-corrected chi connectivity index (χ4v) is 1.94. The van der Waals surface area contributed by atoms with Crippen molar-refractivity contribution in [2.75, 3.05) is 6.16 Å². The quantitative estimate of drug-likeness (QED) is 0.561. The first kappa shape index (κ1) is 16.0. The normalized spacial score (nSPS) is 13.1. The number of hydrogen-bond donors (Lipinski definition) is 3. The first-order chi connectivity index (χ1) is 5.87. The maximum absolute atomic E-state index is 10.5. The summed E-state index contributed by atoms with van der Waals surface area (Å²) < 4.78 is 10.5. The van der Waals surface area contributed by atoms with E-state index in [1.54, 1.807) is 0 Å². The van der Waals surface area contributed by atoms with Crippen molar-refractivity contribution in [3.63, 3.8) is 0 Å². The summed E-state index contributed by atoms with van der Waals surface area (Å²) in [6, 6.07) is 0. The van der Waals surface area contributed by atoms with Crippen LogP contribution in [0.15, 0.2) is 0 Å². The first-order valence-corrected chi connectivity index (χ1v) is 5.94. The molecule has 1 unspecified atom stereocenters. The number of aliphatic carboxylic acids is 1. The Balaban J connectivity index is 0. The van der Waals surface area contributed by atoms with Gasteiger partial charge in [0.2, 0.25) is 0 Å². The van der Waals surface area contributed by atoms with Crippen LogP contribution in [-0.4, -0.2) is 32.5 Å². The number of carbonyl (C=O) groups is 1. The maximum atomic E-state index is 10.5. The van der Waals surface area contributed by atoms with Crippen molar-refractivity contribution in [1.82, 2.24) is 0 Å². The molecular weight excluding hydrogens is 211 g/mol. The van der Waals surface area contributed by atoms with E-state index in [-0.39, 0.29) is 5.48 Å². The van der Waals surface area contributed by atoms with E-state index in [9.17, 15) is 9.36 Å². The highest BCUT2D eigenvalue weighted by Crippen LogP contribution is 2.38. The summed E-state index contributed by atoms with van der Waals surface area (Å²) in [4.78, 5) is 27.7. The Morgan fingerprint density at radius 1 is 1.43 bits per heavy atom. The molecule has 6 nitrogen and oxygen atoms in total. The third kappa shape index (κ3) is 8.19. The molecule has 1 atom stereocenters. The fourth-order valence-electron chi connectivity index (χ4n) is 1.03. The molecule has 0 aromatic carbocycles. The van der Waals surface area contributed by atoms with Gasteiger partial charge in [0.05, 0.1) is 12.1 Å². The molecule has 0 aliphatic carbocycles. The molecule has 0 aliphatic rings. The Morgan fingerprint density at radius 3 is 2.21 bits per heavy atom. The molecule has 86 valence electrons. The zero-order valence-electron chi connectivity index (χ0n) is 8.01. The van der Waals surface area contributed by atoms with Crippen molar-refractivity contribution < 1.29 is 29.7 Å². The third-order valence-corrected chi connectivity index (χ3v) is 2.63. The van der Waals surface area contributed by atoms with Crippen LogP contribution in [0.4, 0.5) is 0 Å².